The Morgan fingerprint density at radius 3 is 2.50 bits per heavy atom. The molecule has 0 aromatic heterocycles. The van der Waals surface area contributed by atoms with E-state index in [2.05, 4.69) is 23.8 Å². The van der Waals surface area contributed by atoms with Gasteiger partial charge in [-0.15, -0.1) is 0 Å². The van der Waals surface area contributed by atoms with Gasteiger partial charge in [0, 0.05) is 52.1 Å². The topological polar surface area (TPSA) is 55.9 Å². The van der Waals surface area contributed by atoms with E-state index in [1.165, 1.54) is 0 Å². The molecule has 0 spiro atoms. The zero-order valence-electron chi connectivity index (χ0n) is 22.6. The third kappa shape index (κ3) is 4.10. The lowest BCUT2D eigenvalue weighted by Crippen LogP contribution is -2.51. The Morgan fingerprint density at radius 2 is 1.75 bits per heavy atom. The molecule has 0 saturated carbocycles. The normalized spacial score (nSPS) is 22.1. The second-order valence-corrected chi connectivity index (χ2v) is 10.1. The summed E-state index contributed by atoms with van der Waals surface area (Å²) in [4.78, 5) is 32.0. The molecule has 3 aromatic rings. The summed E-state index contributed by atoms with van der Waals surface area (Å²) in [5.74, 6) is -0.318. The first-order valence-electron chi connectivity index (χ1n) is 13.6. The molecule has 3 aromatic carbocycles. The van der Waals surface area contributed by atoms with Crippen LogP contribution in [0.15, 0.2) is 66.9 Å². The third-order valence-corrected chi connectivity index (χ3v) is 7.59. The Kier molecular flexibility index (Phi) is 5.28. The maximum Gasteiger partial charge on any atom is 0.259 e. The van der Waals surface area contributed by atoms with E-state index in [-0.39, 0.29) is 11.8 Å². The molecule has 3 heterocycles. The van der Waals surface area contributed by atoms with Crippen molar-refractivity contribution in [1.82, 2.24) is 15.1 Å². The van der Waals surface area contributed by atoms with Gasteiger partial charge in [-0.25, -0.2) is 0 Å². The van der Waals surface area contributed by atoms with E-state index in [1.807, 2.05) is 59.5 Å². The Hall–Kier alpha value is -3.48. The van der Waals surface area contributed by atoms with Gasteiger partial charge in [0.25, 0.3) is 5.91 Å². The van der Waals surface area contributed by atoms with Crippen molar-refractivity contribution in [3.8, 4) is 0 Å². The largest absolute Gasteiger partial charge is 0.329 e. The van der Waals surface area contributed by atoms with Crippen molar-refractivity contribution in [3.05, 3.63) is 89.1 Å². The van der Waals surface area contributed by atoms with Gasteiger partial charge in [0.15, 0.2) is 0 Å². The van der Waals surface area contributed by atoms with Crippen LogP contribution >= 0.6 is 0 Å². The van der Waals surface area contributed by atoms with Crippen LogP contribution in [0.3, 0.4) is 0 Å². The van der Waals surface area contributed by atoms with E-state index in [0.717, 1.165) is 40.7 Å². The molecule has 36 heavy (non-hydrogen) atoms. The van der Waals surface area contributed by atoms with Crippen molar-refractivity contribution in [2.24, 2.45) is 0 Å². The van der Waals surface area contributed by atoms with Crippen LogP contribution in [0.5, 0.6) is 0 Å². The highest BCUT2D eigenvalue weighted by Crippen LogP contribution is 2.41. The maximum atomic E-state index is 13.4. The maximum absolute atomic E-state index is 13.4. The Bertz CT molecular complexity index is 1440. The summed E-state index contributed by atoms with van der Waals surface area (Å²) in [6.45, 7) is 5.49. The summed E-state index contributed by atoms with van der Waals surface area (Å²) in [6.07, 6.45) is 1.87. The van der Waals surface area contributed by atoms with Gasteiger partial charge < -0.3 is 10.2 Å². The van der Waals surface area contributed by atoms with Crippen LogP contribution in [-0.4, -0.2) is 60.9 Å². The number of carbonyl (C=O) groups is 2. The van der Waals surface area contributed by atoms with Crippen molar-refractivity contribution in [2.45, 2.75) is 31.8 Å². The highest BCUT2D eigenvalue weighted by molar-refractivity contribution is 6.27. The first-order valence-corrected chi connectivity index (χ1v) is 12.6. The molecule has 0 aliphatic carbocycles. The van der Waals surface area contributed by atoms with Gasteiger partial charge in [-0.05, 0) is 60.5 Å². The Labute approximate surface area is 215 Å². The van der Waals surface area contributed by atoms with Gasteiger partial charge >= 0.3 is 0 Å². The molecular formula is C30H32N4O2. The molecule has 6 nitrogen and oxygen atoms in total. The summed E-state index contributed by atoms with van der Waals surface area (Å²) in [5, 5.41) is 4.71. The van der Waals surface area contributed by atoms with E-state index in [4.69, 9.17) is 2.74 Å². The molecule has 184 valence electrons. The average molecular weight is 483 g/mol. The fourth-order valence-electron chi connectivity index (χ4n) is 5.56. The van der Waals surface area contributed by atoms with Crippen molar-refractivity contribution in [3.63, 3.8) is 0 Å². The number of likely N-dealkylation sites (N-methyl/N-ethyl adjacent to an activating group) is 1. The number of carbonyl (C=O) groups excluding carboxylic acids is 2. The molecule has 2 fully saturated rings. The molecule has 2 amide bonds. The number of benzene rings is 3. The van der Waals surface area contributed by atoms with Crippen LogP contribution in [-0.2, 0) is 17.7 Å². The van der Waals surface area contributed by atoms with Crippen molar-refractivity contribution < 1.29 is 12.3 Å². The molecule has 6 rings (SSSR count). The molecule has 1 N–H and O–H groups in total. The van der Waals surface area contributed by atoms with Crippen molar-refractivity contribution in [1.29, 1.82) is 0 Å². The van der Waals surface area contributed by atoms with E-state index in [0.29, 0.717) is 49.2 Å². The molecule has 0 radical (unpaired) electrons. The number of hydrogen-bond acceptors (Lipinski definition) is 4. The van der Waals surface area contributed by atoms with Gasteiger partial charge in [-0.3, -0.25) is 19.4 Å². The van der Waals surface area contributed by atoms with Gasteiger partial charge in [-0.2, -0.15) is 0 Å². The monoisotopic (exact) mass is 482 g/mol. The Balaban J connectivity index is 1.27. The first-order chi connectivity index (χ1) is 18.2. The quantitative estimate of drug-likeness (QED) is 0.599. The summed E-state index contributed by atoms with van der Waals surface area (Å²) in [6, 6.07) is 17.0. The minimum atomic E-state index is -1.51. The molecule has 1 unspecified atom stereocenters. The summed E-state index contributed by atoms with van der Waals surface area (Å²) in [5.41, 5.74) is 4.95. The fourth-order valence-corrected chi connectivity index (χ4v) is 5.56. The second-order valence-electron chi connectivity index (χ2n) is 10.1. The van der Waals surface area contributed by atoms with E-state index >= 15 is 0 Å². The molecule has 2 saturated heterocycles. The standard InChI is InChI=1S/C30H32N4O2/c1-20-6-12-27(29(35)31-20)34-26-13-11-23(24-4-3-5-25(28(24)26)30(34)36)18-21-7-9-22(10-8-21)19-33-16-14-32(2)15-17-33/h3-5,7-11,13,27H,1,6,12,14-19H2,2H3,(H,31,35)/i19D2. The van der Waals surface area contributed by atoms with E-state index in [9.17, 15) is 9.59 Å². The smallest absolute Gasteiger partial charge is 0.259 e. The number of piperidine rings is 1. The van der Waals surface area contributed by atoms with Gasteiger partial charge in [0.1, 0.15) is 6.04 Å². The predicted molar refractivity (Wildman–Crippen MR) is 143 cm³/mol. The highest BCUT2D eigenvalue weighted by Gasteiger charge is 2.39. The number of anilines is 1. The molecule has 6 heteroatoms. The highest BCUT2D eigenvalue weighted by atomic mass is 16.2. The van der Waals surface area contributed by atoms with Crippen LogP contribution in [0.2, 0.25) is 0 Å². The number of allylic oxidation sites excluding steroid dienone is 1. The van der Waals surface area contributed by atoms with Crippen LogP contribution in [0.1, 0.15) is 42.6 Å². The summed E-state index contributed by atoms with van der Waals surface area (Å²) < 4.78 is 17.5. The van der Waals surface area contributed by atoms with E-state index < -0.39 is 12.5 Å². The lowest BCUT2D eigenvalue weighted by atomic mass is 9.95. The fraction of sp³-hybridized carbons (Fsp3) is 0.333. The molecule has 3 aliphatic heterocycles. The number of nitrogens with one attached hydrogen (secondary N) is 1. The summed E-state index contributed by atoms with van der Waals surface area (Å²) >= 11 is 0. The van der Waals surface area contributed by atoms with Gasteiger partial charge in [0.2, 0.25) is 5.91 Å². The number of hydrogen-bond donors (Lipinski definition) is 1. The average Bonchev–Trinajstić information content (AvgIpc) is 3.19. The number of rotatable bonds is 5. The zero-order chi connectivity index (χ0) is 26.6. The zero-order valence-corrected chi connectivity index (χ0v) is 20.6. The van der Waals surface area contributed by atoms with Crippen molar-refractivity contribution in [2.75, 3.05) is 38.1 Å². The number of amides is 2. The second kappa shape index (κ2) is 9.19. The Morgan fingerprint density at radius 1 is 1.00 bits per heavy atom. The minimum absolute atomic E-state index is 0.133. The van der Waals surface area contributed by atoms with Gasteiger partial charge in [-0.1, -0.05) is 49.0 Å². The molecule has 1 atom stereocenters. The van der Waals surface area contributed by atoms with Crippen LogP contribution in [0, 0.1) is 0 Å². The van der Waals surface area contributed by atoms with Crippen LogP contribution < -0.4 is 10.2 Å². The SMILES string of the molecule is [2H]C([2H])(c1ccc(Cc2ccc3c4c(cccc24)C(=O)N3C2CCC(=C)NC2=O)cc1)N1CCN(C)CC1. The van der Waals surface area contributed by atoms with E-state index in [1.54, 1.807) is 4.90 Å². The number of nitrogens with zero attached hydrogens (tertiary/aromatic N) is 3. The predicted octanol–water partition coefficient (Wildman–Crippen LogP) is 3.93. The lowest BCUT2D eigenvalue weighted by Gasteiger charge is -2.32. The van der Waals surface area contributed by atoms with Crippen molar-refractivity contribution >= 4 is 28.3 Å². The van der Waals surface area contributed by atoms with Crippen LogP contribution in [0.25, 0.3) is 10.8 Å². The first kappa shape index (κ1) is 20.7. The number of piperazine rings is 1. The van der Waals surface area contributed by atoms with Crippen LogP contribution in [0.4, 0.5) is 5.69 Å². The lowest BCUT2D eigenvalue weighted by molar-refractivity contribution is -0.122. The van der Waals surface area contributed by atoms with Gasteiger partial charge in [0.05, 0.1) is 5.69 Å². The summed E-state index contributed by atoms with van der Waals surface area (Å²) in [7, 11) is 2.07. The molecule has 3 aliphatic rings. The third-order valence-electron chi connectivity index (χ3n) is 7.59. The molecular weight excluding hydrogens is 448 g/mol. The molecule has 0 bridgehead atoms. The minimum Gasteiger partial charge on any atom is -0.329 e.